The largest absolute Gasteiger partial charge is 0.507 e. The molecule has 124 valence electrons. The number of aryl methyl sites for hydroxylation is 1. The molecule has 0 atom stereocenters. The number of benzene rings is 3. The number of aromatic hydroxyl groups is 1. The van der Waals surface area contributed by atoms with Crippen molar-refractivity contribution in [2.45, 2.75) is 6.92 Å². The molecule has 0 unspecified atom stereocenters. The van der Waals surface area contributed by atoms with E-state index in [0.717, 1.165) is 10.9 Å². The van der Waals surface area contributed by atoms with Crippen LogP contribution in [0.25, 0.3) is 10.8 Å². The second-order valence-electron chi connectivity index (χ2n) is 5.37. The molecular weight excluding hydrogens is 314 g/mol. The number of phenolic OH excluding ortho intramolecular Hbond substituents is 1. The number of primary amides is 1. The van der Waals surface area contributed by atoms with Gasteiger partial charge in [0.15, 0.2) is 0 Å². The molecule has 0 aliphatic rings. The van der Waals surface area contributed by atoms with Crippen molar-refractivity contribution in [1.29, 1.82) is 10.7 Å². The quantitative estimate of drug-likeness (QED) is 0.625. The summed E-state index contributed by atoms with van der Waals surface area (Å²) >= 11 is 0. The number of nitrogens with two attached hydrogens (primary N) is 1. The summed E-state index contributed by atoms with van der Waals surface area (Å²) in [6, 6.07) is 17.8. The van der Waals surface area contributed by atoms with Crippen molar-refractivity contribution >= 4 is 22.9 Å². The van der Waals surface area contributed by atoms with E-state index < -0.39 is 5.91 Å². The molecule has 0 aromatic heterocycles. The lowest BCUT2D eigenvalue weighted by molar-refractivity contribution is 0.100. The van der Waals surface area contributed by atoms with E-state index in [4.69, 9.17) is 21.5 Å². The molecule has 0 saturated carbocycles. The third-order valence-corrected chi connectivity index (χ3v) is 3.73. The van der Waals surface area contributed by atoms with E-state index >= 15 is 0 Å². The Kier molecular flexibility index (Phi) is 5.49. The van der Waals surface area contributed by atoms with Crippen LogP contribution in [-0.2, 0) is 0 Å². The van der Waals surface area contributed by atoms with Crippen molar-refractivity contribution in [2.75, 3.05) is 0 Å². The second-order valence-corrected chi connectivity index (χ2v) is 5.37. The van der Waals surface area contributed by atoms with Gasteiger partial charge in [0.1, 0.15) is 11.8 Å². The van der Waals surface area contributed by atoms with Crippen LogP contribution in [0.4, 0.5) is 0 Å². The van der Waals surface area contributed by atoms with Gasteiger partial charge in [0, 0.05) is 11.8 Å². The third-order valence-electron chi connectivity index (χ3n) is 3.73. The van der Waals surface area contributed by atoms with E-state index in [0.29, 0.717) is 0 Å². The van der Waals surface area contributed by atoms with Gasteiger partial charge in [-0.3, -0.25) is 4.79 Å². The van der Waals surface area contributed by atoms with E-state index in [-0.39, 0.29) is 16.9 Å². The number of fused-ring (bicyclic) bond motifs is 1. The first-order valence-corrected chi connectivity index (χ1v) is 7.49. The maximum atomic E-state index is 10.6. The molecule has 0 heterocycles. The third kappa shape index (κ3) is 4.01. The normalized spacial score (nSPS) is 9.60. The van der Waals surface area contributed by atoms with Crippen LogP contribution in [0, 0.1) is 23.7 Å². The molecule has 3 rings (SSSR count). The topological polar surface area (TPSA) is 111 Å². The number of amides is 1. The lowest BCUT2D eigenvalue weighted by Gasteiger charge is -2.03. The van der Waals surface area contributed by atoms with Crippen molar-refractivity contribution < 1.29 is 9.90 Å². The average molecular weight is 331 g/mol. The van der Waals surface area contributed by atoms with Crippen LogP contribution in [0.3, 0.4) is 0 Å². The van der Waals surface area contributed by atoms with Gasteiger partial charge in [0.2, 0.25) is 5.91 Å². The zero-order valence-electron chi connectivity index (χ0n) is 13.7. The fourth-order valence-corrected chi connectivity index (χ4v) is 2.38. The highest BCUT2D eigenvalue weighted by molar-refractivity contribution is 6.00. The van der Waals surface area contributed by atoms with Gasteiger partial charge in [0.25, 0.3) is 0 Å². The number of rotatable bonds is 2. The minimum Gasteiger partial charge on any atom is -0.507 e. The van der Waals surface area contributed by atoms with E-state index in [9.17, 15) is 4.79 Å². The molecule has 0 radical (unpaired) electrons. The maximum absolute atomic E-state index is 10.6. The fourth-order valence-electron chi connectivity index (χ4n) is 2.38. The summed E-state index contributed by atoms with van der Waals surface area (Å²) in [5.41, 5.74) is 7.47. The number of carbonyl (C=O) groups is 1. The molecule has 25 heavy (non-hydrogen) atoms. The van der Waals surface area contributed by atoms with Crippen LogP contribution in [0.5, 0.6) is 5.75 Å². The molecule has 0 bridgehead atoms. The summed E-state index contributed by atoms with van der Waals surface area (Å²) in [6.07, 6.45) is 1.40. The molecule has 0 aliphatic heterocycles. The Morgan fingerprint density at radius 1 is 1.16 bits per heavy atom. The summed E-state index contributed by atoms with van der Waals surface area (Å²) in [7, 11) is 0. The van der Waals surface area contributed by atoms with Gasteiger partial charge < -0.3 is 16.2 Å². The first-order chi connectivity index (χ1) is 12.0. The Balaban J connectivity index is 0.000000181. The summed E-state index contributed by atoms with van der Waals surface area (Å²) < 4.78 is 0. The molecule has 0 fully saturated rings. The minimum absolute atomic E-state index is 0.0475. The molecule has 0 saturated heterocycles. The molecule has 0 aliphatic carbocycles. The predicted molar refractivity (Wildman–Crippen MR) is 97.9 cm³/mol. The molecule has 5 nitrogen and oxygen atoms in total. The molecule has 0 spiro atoms. The molecule has 3 aromatic carbocycles. The molecule has 3 aromatic rings. The van der Waals surface area contributed by atoms with Gasteiger partial charge in [0.05, 0.1) is 5.56 Å². The second kappa shape index (κ2) is 7.75. The highest BCUT2D eigenvalue weighted by Gasteiger charge is 2.04. The fraction of sp³-hybridized carbons (Fsp3) is 0.0500. The zero-order valence-corrected chi connectivity index (χ0v) is 13.7. The highest BCUT2D eigenvalue weighted by atomic mass is 16.3. The van der Waals surface area contributed by atoms with Crippen LogP contribution in [-0.4, -0.2) is 17.2 Å². The number of nitriles is 1. The van der Waals surface area contributed by atoms with Crippen molar-refractivity contribution in [1.82, 2.24) is 0 Å². The van der Waals surface area contributed by atoms with Gasteiger partial charge in [-0.2, -0.15) is 5.26 Å². The van der Waals surface area contributed by atoms with Gasteiger partial charge in [-0.05, 0) is 47.0 Å². The number of phenols is 1. The van der Waals surface area contributed by atoms with Crippen molar-refractivity contribution in [2.24, 2.45) is 5.73 Å². The molecule has 1 amide bonds. The summed E-state index contributed by atoms with van der Waals surface area (Å²) in [6.45, 7) is 2.09. The summed E-state index contributed by atoms with van der Waals surface area (Å²) in [4.78, 5) is 10.6. The highest BCUT2D eigenvalue weighted by Crippen LogP contribution is 2.20. The molecule has 5 heteroatoms. The van der Waals surface area contributed by atoms with E-state index in [2.05, 4.69) is 25.1 Å². The number of hydrogen-bond donors (Lipinski definition) is 3. The first kappa shape index (κ1) is 17.7. The molecular formula is C20H17N3O2. The van der Waals surface area contributed by atoms with Crippen molar-refractivity contribution in [3.63, 3.8) is 0 Å². The van der Waals surface area contributed by atoms with E-state index in [1.54, 1.807) is 6.07 Å². The maximum Gasteiger partial charge on any atom is 0.248 e. The monoisotopic (exact) mass is 331 g/mol. The lowest BCUT2D eigenvalue weighted by atomic mass is 10.0. The van der Waals surface area contributed by atoms with Crippen LogP contribution in [0.1, 0.15) is 27.0 Å². The SMILES string of the molecule is Cc1ccc(C=N)c2ccccc12.N#Cc1cc(C(N)=O)ccc1O. The summed E-state index contributed by atoms with van der Waals surface area (Å²) in [5, 5.41) is 27.2. The Morgan fingerprint density at radius 2 is 1.84 bits per heavy atom. The standard InChI is InChI=1S/C12H11N.C8H6N2O2/c1-9-6-7-10(8-13)12-5-3-2-4-11(9)12;9-4-6-3-5(8(10)12)1-2-7(6)11/h2-8,13H,1H3;1-3,11H,(H2,10,12). The Bertz CT molecular complexity index is 988. The zero-order chi connectivity index (χ0) is 18.4. The van der Waals surface area contributed by atoms with E-state index in [1.165, 1.54) is 35.4 Å². The number of hydrogen-bond acceptors (Lipinski definition) is 4. The Hall–Kier alpha value is -3.65. The van der Waals surface area contributed by atoms with Crippen LogP contribution in [0.2, 0.25) is 0 Å². The van der Waals surface area contributed by atoms with Gasteiger partial charge in [-0.15, -0.1) is 0 Å². The van der Waals surface area contributed by atoms with Gasteiger partial charge in [-0.25, -0.2) is 0 Å². The minimum atomic E-state index is -0.619. The Morgan fingerprint density at radius 3 is 2.44 bits per heavy atom. The first-order valence-electron chi connectivity index (χ1n) is 7.49. The number of carbonyl (C=O) groups excluding carboxylic acids is 1. The van der Waals surface area contributed by atoms with Crippen molar-refractivity contribution in [3.8, 4) is 11.8 Å². The van der Waals surface area contributed by atoms with Crippen LogP contribution >= 0.6 is 0 Å². The van der Waals surface area contributed by atoms with E-state index in [1.807, 2.05) is 18.2 Å². The lowest BCUT2D eigenvalue weighted by Crippen LogP contribution is -2.10. The Labute approximate surface area is 145 Å². The van der Waals surface area contributed by atoms with Gasteiger partial charge in [-0.1, -0.05) is 36.4 Å². The van der Waals surface area contributed by atoms with Crippen LogP contribution < -0.4 is 5.73 Å². The predicted octanol–water partition coefficient (Wildman–Crippen LogP) is 3.51. The average Bonchev–Trinajstić information content (AvgIpc) is 2.63. The number of nitrogens with one attached hydrogen (secondary N) is 1. The summed E-state index contributed by atoms with van der Waals surface area (Å²) in [5.74, 6) is -0.769. The molecule has 4 N–H and O–H groups in total. The van der Waals surface area contributed by atoms with Crippen molar-refractivity contribution in [3.05, 3.63) is 76.9 Å². The van der Waals surface area contributed by atoms with Crippen LogP contribution in [0.15, 0.2) is 54.6 Å². The smallest absolute Gasteiger partial charge is 0.248 e. The number of nitrogens with zero attached hydrogens (tertiary/aromatic N) is 1. The van der Waals surface area contributed by atoms with Gasteiger partial charge >= 0.3 is 0 Å².